The van der Waals surface area contributed by atoms with Gasteiger partial charge in [0.05, 0.1) is 0 Å². The molecule has 0 spiro atoms. The molecule has 0 aromatic heterocycles. The Hall–Kier alpha value is -0.390. The summed E-state index contributed by atoms with van der Waals surface area (Å²) in [6.07, 6.45) is 0. The van der Waals surface area contributed by atoms with Crippen LogP contribution in [-0.4, -0.2) is 13.0 Å². The summed E-state index contributed by atoms with van der Waals surface area (Å²) in [4.78, 5) is -0.0949. The lowest BCUT2D eigenvalue weighted by Crippen LogP contribution is -1.99. The van der Waals surface area contributed by atoms with Crippen LogP contribution in [0.1, 0.15) is 5.56 Å². The molecule has 1 rings (SSSR count). The third kappa shape index (κ3) is 1.85. The van der Waals surface area contributed by atoms with E-state index >= 15 is 0 Å². The molecule has 3 nitrogen and oxygen atoms in total. The van der Waals surface area contributed by atoms with E-state index in [-0.39, 0.29) is 4.90 Å². The van der Waals surface area contributed by atoms with Crippen molar-refractivity contribution in [3.05, 3.63) is 28.2 Å². The van der Waals surface area contributed by atoms with Gasteiger partial charge in [-0.05, 0) is 34.5 Å². The summed E-state index contributed by atoms with van der Waals surface area (Å²) in [6, 6.07) is 4.66. The third-order valence-electron chi connectivity index (χ3n) is 1.43. The molecule has 0 fully saturated rings. The highest BCUT2D eigenvalue weighted by Gasteiger charge is 2.14. The molecule has 66 valence electrons. The largest absolute Gasteiger partial charge is 0.295 e. The number of halogens is 1. The monoisotopic (exact) mass is 250 g/mol. The number of hydrogen-bond acceptors (Lipinski definition) is 2. The van der Waals surface area contributed by atoms with Crippen LogP contribution in [0.2, 0.25) is 0 Å². The molecule has 1 aromatic carbocycles. The second kappa shape index (κ2) is 3.16. The van der Waals surface area contributed by atoms with E-state index in [1.54, 1.807) is 19.1 Å². The minimum Gasteiger partial charge on any atom is -0.282 e. The van der Waals surface area contributed by atoms with Gasteiger partial charge < -0.3 is 0 Å². The molecule has 0 unspecified atom stereocenters. The Labute approximate surface area is 79.3 Å². The Morgan fingerprint density at radius 1 is 1.42 bits per heavy atom. The van der Waals surface area contributed by atoms with Gasteiger partial charge in [0.25, 0.3) is 10.1 Å². The van der Waals surface area contributed by atoms with Crippen LogP contribution in [0.3, 0.4) is 0 Å². The smallest absolute Gasteiger partial charge is 0.282 e. The van der Waals surface area contributed by atoms with Gasteiger partial charge >= 0.3 is 0 Å². The first-order valence-corrected chi connectivity index (χ1v) is 5.39. The first-order valence-electron chi connectivity index (χ1n) is 3.15. The molecule has 0 saturated carbocycles. The molecule has 0 atom stereocenters. The van der Waals surface area contributed by atoms with E-state index in [9.17, 15) is 8.42 Å². The second-order valence-corrected chi connectivity index (χ2v) is 4.55. The van der Waals surface area contributed by atoms with E-state index in [1.807, 2.05) is 0 Å². The molecule has 0 saturated heterocycles. The van der Waals surface area contributed by atoms with Crippen molar-refractivity contribution in [2.75, 3.05) is 0 Å². The number of hydrogen-bond donors (Lipinski definition) is 1. The molecule has 0 radical (unpaired) electrons. The highest BCUT2D eigenvalue weighted by atomic mass is 79.9. The summed E-state index contributed by atoms with van der Waals surface area (Å²) in [5, 5.41) is 0. The Balaban J connectivity index is 3.47. The summed E-state index contributed by atoms with van der Waals surface area (Å²) in [5.74, 6) is 0. The maximum Gasteiger partial charge on any atom is 0.295 e. The fraction of sp³-hybridized carbons (Fsp3) is 0.143. The second-order valence-electron chi connectivity index (χ2n) is 2.36. The van der Waals surface area contributed by atoms with Gasteiger partial charge in [0.1, 0.15) is 4.90 Å². The van der Waals surface area contributed by atoms with Crippen molar-refractivity contribution in [3.8, 4) is 0 Å². The zero-order valence-electron chi connectivity index (χ0n) is 6.28. The van der Waals surface area contributed by atoms with Crippen LogP contribution >= 0.6 is 15.9 Å². The van der Waals surface area contributed by atoms with E-state index in [0.29, 0.717) is 4.47 Å². The van der Waals surface area contributed by atoms with Crippen LogP contribution in [0.15, 0.2) is 27.6 Å². The van der Waals surface area contributed by atoms with Gasteiger partial charge in [0, 0.05) is 4.47 Å². The van der Waals surface area contributed by atoms with Crippen molar-refractivity contribution in [3.63, 3.8) is 0 Å². The van der Waals surface area contributed by atoms with Gasteiger partial charge in [-0.25, -0.2) is 0 Å². The summed E-state index contributed by atoms with van der Waals surface area (Å²) in [7, 11) is -4.10. The van der Waals surface area contributed by atoms with Crippen molar-refractivity contribution in [1.29, 1.82) is 0 Å². The van der Waals surface area contributed by atoms with E-state index in [4.69, 9.17) is 4.55 Å². The van der Waals surface area contributed by atoms with Crippen LogP contribution in [0, 0.1) is 6.92 Å². The van der Waals surface area contributed by atoms with E-state index in [2.05, 4.69) is 15.9 Å². The zero-order chi connectivity index (χ0) is 9.35. The van der Waals surface area contributed by atoms with Gasteiger partial charge in [-0.3, -0.25) is 4.55 Å². The number of aryl methyl sites for hydroxylation is 1. The minimum absolute atomic E-state index is 0.0949. The molecule has 0 aliphatic rings. The molecule has 0 aliphatic heterocycles. The lowest BCUT2D eigenvalue weighted by Gasteiger charge is -2.02. The molecule has 0 bridgehead atoms. The van der Waals surface area contributed by atoms with Crippen molar-refractivity contribution >= 4 is 26.0 Å². The highest BCUT2D eigenvalue weighted by molar-refractivity contribution is 9.10. The molecule has 12 heavy (non-hydrogen) atoms. The van der Waals surface area contributed by atoms with Gasteiger partial charge in [-0.15, -0.1) is 0 Å². The third-order valence-corrected chi connectivity index (χ3v) is 3.65. The van der Waals surface area contributed by atoms with Gasteiger partial charge in [0.15, 0.2) is 0 Å². The van der Waals surface area contributed by atoms with Crippen molar-refractivity contribution < 1.29 is 13.0 Å². The molecule has 0 heterocycles. The maximum absolute atomic E-state index is 10.7. The minimum atomic E-state index is -4.10. The molecule has 5 heteroatoms. The van der Waals surface area contributed by atoms with Crippen molar-refractivity contribution in [2.24, 2.45) is 0 Å². The fourth-order valence-electron chi connectivity index (χ4n) is 0.820. The predicted octanol–water partition coefficient (Wildman–Crippen LogP) is 2.00. The first-order chi connectivity index (χ1) is 5.43. The topological polar surface area (TPSA) is 54.4 Å². The Kier molecular flexibility index (Phi) is 2.55. The Bertz CT molecular complexity index is 397. The number of rotatable bonds is 1. The highest BCUT2D eigenvalue weighted by Crippen LogP contribution is 2.24. The van der Waals surface area contributed by atoms with E-state index in [1.165, 1.54) is 6.07 Å². The first kappa shape index (κ1) is 9.70. The predicted molar refractivity (Wildman–Crippen MR) is 48.7 cm³/mol. The van der Waals surface area contributed by atoms with Crippen LogP contribution in [0.5, 0.6) is 0 Å². The summed E-state index contributed by atoms with van der Waals surface area (Å²) in [6.45, 7) is 1.75. The summed E-state index contributed by atoms with van der Waals surface area (Å²) >= 11 is 3.08. The normalized spacial score (nSPS) is 11.6. The van der Waals surface area contributed by atoms with Crippen LogP contribution in [0.25, 0.3) is 0 Å². The Morgan fingerprint density at radius 2 is 2.00 bits per heavy atom. The molecular weight excluding hydrogens is 244 g/mol. The fourth-order valence-corrected chi connectivity index (χ4v) is 2.34. The molecule has 0 aliphatic carbocycles. The van der Waals surface area contributed by atoms with Gasteiger partial charge in [-0.1, -0.05) is 12.1 Å². The summed E-state index contributed by atoms with van der Waals surface area (Å²) < 4.78 is 30.6. The van der Waals surface area contributed by atoms with E-state index < -0.39 is 10.1 Å². The quantitative estimate of drug-likeness (QED) is 0.776. The van der Waals surface area contributed by atoms with Gasteiger partial charge in [-0.2, -0.15) is 8.42 Å². The summed E-state index contributed by atoms with van der Waals surface area (Å²) in [5.41, 5.74) is 0.769. The molecule has 0 amide bonds. The van der Waals surface area contributed by atoms with Crippen molar-refractivity contribution in [2.45, 2.75) is 11.8 Å². The maximum atomic E-state index is 10.7. The number of benzene rings is 1. The zero-order valence-corrected chi connectivity index (χ0v) is 8.68. The van der Waals surface area contributed by atoms with Gasteiger partial charge in [0.2, 0.25) is 0 Å². The molecular formula is C7H7BrO3S. The van der Waals surface area contributed by atoms with Crippen LogP contribution < -0.4 is 0 Å². The average molecular weight is 251 g/mol. The lowest BCUT2D eigenvalue weighted by molar-refractivity contribution is 0.482. The van der Waals surface area contributed by atoms with E-state index in [0.717, 1.165) is 5.56 Å². The lowest BCUT2D eigenvalue weighted by atomic mass is 10.2. The van der Waals surface area contributed by atoms with Crippen LogP contribution in [0.4, 0.5) is 0 Å². The standard InChI is InChI=1S/C7H7BrO3S/c1-5-3-2-4-6(7(5)8)12(9,10)11/h2-4H,1H3,(H,9,10,11). The SMILES string of the molecule is Cc1cccc(S(=O)(=O)O)c1Br. The Morgan fingerprint density at radius 3 is 2.42 bits per heavy atom. The van der Waals surface area contributed by atoms with Crippen molar-refractivity contribution in [1.82, 2.24) is 0 Å². The van der Waals surface area contributed by atoms with Crippen LogP contribution in [-0.2, 0) is 10.1 Å². The molecule has 1 aromatic rings. The average Bonchev–Trinajstić information content (AvgIpc) is 1.92. The molecule has 1 N–H and O–H groups in total.